The summed E-state index contributed by atoms with van der Waals surface area (Å²) in [6.07, 6.45) is -0.121. The average Bonchev–Trinajstić information content (AvgIpc) is 2.96. The van der Waals surface area contributed by atoms with E-state index in [-0.39, 0.29) is 35.3 Å². The third-order valence-corrected chi connectivity index (χ3v) is 4.69. The van der Waals surface area contributed by atoms with Crippen molar-refractivity contribution < 1.29 is 24.0 Å². The molecule has 1 heterocycles. The zero-order valence-corrected chi connectivity index (χ0v) is 16.3. The van der Waals surface area contributed by atoms with Gasteiger partial charge in [-0.2, -0.15) is 0 Å². The van der Waals surface area contributed by atoms with E-state index in [9.17, 15) is 24.5 Å². The van der Waals surface area contributed by atoms with Gasteiger partial charge in [-0.3, -0.25) is 24.5 Å². The number of nitrogens with one attached hydrogen (secondary N) is 1. The van der Waals surface area contributed by atoms with Gasteiger partial charge in [0.25, 0.3) is 17.5 Å². The lowest BCUT2D eigenvalue weighted by atomic mass is 10.1. The maximum Gasteiger partial charge on any atom is 0.308 e. The highest BCUT2D eigenvalue weighted by Gasteiger charge is 2.30. The highest BCUT2D eigenvalue weighted by Crippen LogP contribution is 2.31. The van der Waals surface area contributed by atoms with Gasteiger partial charge in [0.05, 0.1) is 22.1 Å². The van der Waals surface area contributed by atoms with Crippen LogP contribution in [0.25, 0.3) is 5.70 Å². The molecule has 0 saturated heterocycles. The Bertz CT molecular complexity index is 1030. The molecule has 0 spiro atoms. The predicted molar refractivity (Wildman–Crippen MR) is 109 cm³/mol. The van der Waals surface area contributed by atoms with Crippen molar-refractivity contribution in [2.24, 2.45) is 0 Å². The Kier molecular flexibility index (Phi) is 6.12. The number of nitro groups is 1. The van der Waals surface area contributed by atoms with Crippen molar-refractivity contribution in [1.29, 1.82) is 0 Å². The number of amides is 2. The maximum absolute atomic E-state index is 12.4. The number of rotatable bonds is 7. The van der Waals surface area contributed by atoms with Crippen molar-refractivity contribution in [3.63, 3.8) is 0 Å². The Morgan fingerprint density at radius 1 is 1.20 bits per heavy atom. The van der Waals surface area contributed by atoms with E-state index in [0.29, 0.717) is 11.3 Å². The van der Waals surface area contributed by atoms with Crippen molar-refractivity contribution in [2.75, 3.05) is 18.5 Å². The second-order valence-electron chi connectivity index (χ2n) is 6.33. The van der Waals surface area contributed by atoms with Gasteiger partial charge >= 0.3 is 5.97 Å². The zero-order valence-electron chi connectivity index (χ0n) is 15.6. The molecular weight excluding hydrogens is 414 g/mol. The molecule has 10 heteroatoms. The van der Waals surface area contributed by atoms with Crippen LogP contribution in [0.3, 0.4) is 0 Å². The lowest BCUT2D eigenvalue weighted by molar-refractivity contribution is -0.384. The summed E-state index contributed by atoms with van der Waals surface area (Å²) in [4.78, 5) is 47.8. The normalized spacial score (nSPS) is 12.5. The van der Waals surface area contributed by atoms with Crippen LogP contribution in [-0.2, 0) is 14.3 Å². The van der Waals surface area contributed by atoms with Crippen LogP contribution in [0.15, 0.2) is 49.0 Å². The Morgan fingerprint density at radius 3 is 2.53 bits per heavy atom. The molecule has 3 rings (SSSR count). The van der Waals surface area contributed by atoms with E-state index in [4.69, 9.17) is 16.3 Å². The number of benzene rings is 2. The fraction of sp³-hybridized carbons (Fsp3) is 0.150. The summed E-state index contributed by atoms with van der Waals surface area (Å²) in [6.45, 7) is 3.39. The summed E-state index contributed by atoms with van der Waals surface area (Å²) in [5.41, 5.74) is 1.68. The third kappa shape index (κ3) is 4.47. The summed E-state index contributed by atoms with van der Waals surface area (Å²) in [6, 6.07) is 10.6. The van der Waals surface area contributed by atoms with E-state index in [2.05, 4.69) is 11.9 Å². The number of esters is 1. The van der Waals surface area contributed by atoms with Gasteiger partial charge in [-0.15, -0.1) is 0 Å². The molecule has 154 valence electrons. The molecule has 0 bridgehead atoms. The van der Waals surface area contributed by atoms with E-state index in [0.717, 1.165) is 11.6 Å². The minimum Gasteiger partial charge on any atom is -0.456 e. The van der Waals surface area contributed by atoms with Crippen LogP contribution in [-0.4, -0.2) is 40.8 Å². The van der Waals surface area contributed by atoms with E-state index in [1.165, 1.54) is 17.0 Å². The summed E-state index contributed by atoms with van der Waals surface area (Å²) in [5.74, 6) is -1.57. The van der Waals surface area contributed by atoms with E-state index in [1.54, 1.807) is 24.3 Å². The molecule has 0 aromatic heterocycles. The summed E-state index contributed by atoms with van der Waals surface area (Å²) in [5, 5.41) is 13.1. The van der Waals surface area contributed by atoms with Crippen molar-refractivity contribution in [1.82, 2.24) is 4.90 Å². The van der Waals surface area contributed by atoms with E-state index >= 15 is 0 Å². The molecule has 0 unspecified atom stereocenters. The van der Waals surface area contributed by atoms with Crippen molar-refractivity contribution in [2.45, 2.75) is 6.42 Å². The number of nitrogens with zero attached hydrogens (tertiary/aromatic N) is 2. The van der Waals surface area contributed by atoms with Crippen LogP contribution in [0.4, 0.5) is 11.4 Å². The number of nitro benzene ring substituents is 1. The van der Waals surface area contributed by atoms with Crippen molar-refractivity contribution in [3.05, 3.63) is 75.3 Å². The molecule has 30 heavy (non-hydrogen) atoms. The van der Waals surface area contributed by atoms with Gasteiger partial charge in [0.15, 0.2) is 6.61 Å². The minimum atomic E-state index is -0.670. The van der Waals surface area contributed by atoms with Crippen LogP contribution in [0.2, 0.25) is 5.02 Å². The number of carbonyl (C=O) groups excluding carboxylic acids is 3. The van der Waals surface area contributed by atoms with E-state index < -0.39 is 23.4 Å². The summed E-state index contributed by atoms with van der Waals surface area (Å²) >= 11 is 5.90. The van der Waals surface area contributed by atoms with Gasteiger partial charge in [-0.05, 0) is 12.1 Å². The molecule has 2 aromatic carbocycles. The van der Waals surface area contributed by atoms with Gasteiger partial charge in [0.1, 0.15) is 0 Å². The number of carbonyl (C=O) groups is 3. The molecule has 0 fully saturated rings. The highest BCUT2D eigenvalue weighted by atomic mass is 35.5. The Morgan fingerprint density at radius 2 is 1.90 bits per heavy atom. The van der Waals surface area contributed by atoms with Crippen LogP contribution < -0.4 is 5.32 Å². The molecule has 9 nitrogen and oxygen atoms in total. The summed E-state index contributed by atoms with van der Waals surface area (Å²) in [7, 11) is 0. The molecule has 2 aromatic rings. The van der Waals surface area contributed by atoms with Gasteiger partial charge in [-0.25, -0.2) is 0 Å². The molecule has 1 aliphatic heterocycles. The number of fused-ring (bicyclic) bond motifs is 1. The van der Waals surface area contributed by atoms with E-state index in [1.807, 2.05) is 0 Å². The zero-order chi connectivity index (χ0) is 21.8. The minimum absolute atomic E-state index is 0.0190. The van der Waals surface area contributed by atoms with Gasteiger partial charge in [0, 0.05) is 35.5 Å². The standard InChI is InChI=1S/C20H16ClN3O6/c1-12-14-4-2-3-5-15(14)20(27)23(12)9-8-19(26)30-11-18(25)22-17-7-6-13(24(28)29)10-16(17)21/h2-7,10H,1,8-9,11H2,(H,22,25). The molecule has 0 radical (unpaired) electrons. The first-order valence-corrected chi connectivity index (χ1v) is 9.15. The Labute approximate surface area is 176 Å². The molecule has 0 saturated carbocycles. The summed E-state index contributed by atoms with van der Waals surface area (Å²) < 4.78 is 4.92. The largest absolute Gasteiger partial charge is 0.456 e. The van der Waals surface area contributed by atoms with Crippen LogP contribution in [0, 0.1) is 10.1 Å². The lowest BCUT2D eigenvalue weighted by Crippen LogP contribution is -2.27. The second kappa shape index (κ2) is 8.75. The van der Waals surface area contributed by atoms with Gasteiger partial charge in [-0.1, -0.05) is 36.4 Å². The maximum atomic E-state index is 12.4. The first kappa shape index (κ1) is 21.0. The lowest BCUT2D eigenvalue weighted by Gasteiger charge is -2.16. The Hall–Kier alpha value is -3.72. The smallest absolute Gasteiger partial charge is 0.308 e. The quantitative estimate of drug-likeness (QED) is 0.410. The Balaban J connectivity index is 1.47. The molecule has 1 N–H and O–H groups in total. The van der Waals surface area contributed by atoms with Crippen LogP contribution in [0.1, 0.15) is 22.3 Å². The van der Waals surface area contributed by atoms with Gasteiger partial charge in [0.2, 0.25) is 0 Å². The fourth-order valence-corrected chi connectivity index (χ4v) is 3.12. The molecule has 0 atom stereocenters. The molecule has 2 amide bonds. The highest BCUT2D eigenvalue weighted by molar-refractivity contribution is 6.34. The van der Waals surface area contributed by atoms with Crippen molar-refractivity contribution in [3.8, 4) is 0 Å². The topological polar surface area (TPSA) is 119 Å². The van der Waals surface area contributed by atoms with Crippen LogP contribution in [0.5, 0.6) is 0 Å². The molecular formula is C20H16ClN3O6. The average molecular weight is 430 g/mol. The number of ether oxygens (including phenoxy) is 1. The predicted octanol–water partition coefficient (Wildman–Crippen LogP) is 3.25. The number of non-ortho nitro benzene ring substituents is 1. The monoisotopic (exact) mass is 429 g/mol. The fourth-order valence-electron chi connectivity index (χ4n) is 2.90. The first-order chi connectivity index (χ1) is 14.3. The molecule has 0 aliphatic carbocycles. The van der Waals surface area contributed by atoms with Crippen LogP contribution >= 0.6 is 11.6 Å². The second-order valence-corrected chi connectivity index (χ2v) is 6.74. The third-order valence-electron chi connectivity index (χ3n) is 4.38. The first-order valence-electron chi connectivity index (χ1n) is 8.77. The number of hydrogen-bond acceptors (Lipinski definition) is 6. The van der Waals surface area contributed by atoms with Crippen molar-refractivity contribution >= 4 is 46.5 Å². The molecule has 1 aliphatic rings. The van der Waals surface area contributed by atoms with Gasteiger partial charge < -0.3 is 15.0 Å². The number of anilines is 1. The number of hydrogen-bond donors (Lipinski definition) is 1. The SMILES string of the molecule is C=C1c2ccccc2C(=O)N1CCC(=O)OCC(=O)Nc1ccc([N+](=O)[O-])cc1Cl. The number of halogens is 1.